The Balaban J connectivity index is 2.86. The number of likely N-dealkylation sites (N-methyl/N-ethyl adjacent to an activating group) is 1. The number of hydrogen-bond acceptors (Lipinski definition) is 3. The Morgan fingerprint density at radius 3 is 2.60 bits per heavy atom. The summed E-state index contributed by atoms with van der Waals surface area (Å²) in [6.07, 6.45) is -4.58. The van der Waals surface area contributed by atoms with Crippen LogP contribution in [-0.4, -0.2) is 35.6 Å². The number of oxime groups is 1. The summed E-state index contributed by atoms with van der Waals surface area (Å²) in [6.45, 7) is -0.226. The molecule has 4 N–H and O–H groups in total. The van der Waals surface area contributed by atoms with Crippen LogP contribution in [-0.2, 0) is 6.18 Å². The number of rotatable bonds is 3. The van der Waals surface area contributed by atoms with E-state index in [0.717, 1.165) is 17.0 Å². The van der Waals surface area contributed by atoms with Crippen LogP contribution in [0.2, 0.25) is 0 Å². The van der Waals surface area contributed by atoms with Crippen LogP contribution >= 0.6 is 0 Å². The van der Waals surface area contributed by atoms with E-state index in [1.165, 1.54) is 19.2 Å². The zero-order valence-corrected chi connectivity index (χ0v) is 10.5. The molecular formula is C11H13F3N4O2. The standard InChI is InChI=1S/C11H13F3N4O2/c1-18(6-9(15)17-20)10(19)16-8-5-3-2-4-7(8)11(12,13)14/h2-5,20H,6H2,1H3,(H2,15,17)(H,16,19). The summed E-state index contributed by atoms with van der Waals surface area (Å²) in [5.41, 5.74) is 3.88. The molecule has 1 aromatic carbocycles. The van der Waals surface area contributed by atoms with Crippen molar-refractivity contribution in [3.63, 3.8) is 0 Å². The van der Waals surface area contributed by atoms with Gasteiger partial charge in [0.25, 0.3) is 0 Å². The SMILES string of the molecule is CN(CC(N)=NO)C(=O)Nc1ccccc1C(F)(F)F. The Kier molecular flexibility index (Phi) is 4.78. The number of nitrogens with one attached hydrogen (secondary N) is 1. The number of nitrogens with two attached hydrogens (primary N) is 1. The van der Waals surface area contributed by atoms with Gasteiger partial charge in [-0.1, -0.05) is 17.3 Å². The molecule has 0 spiro atoms. The van der Waals surface area contributed by atoms with Crippen LogP contribution in [0.25, 0.3) is 0 Å². The fraction of sp³-hybridized carbons (Fsp3) is 0.273. The summed E-state index contributed by atoms with van der Waals surface area (Å²) in [5, 5.41) is 13.2. The highest BCUT2D eigenvalue weighted by Gasteiger charge is 2.33. The number of anilines is 1. The first kappa shape index (κ1) is 15.6. The second-order valence-electron chi connectivity index (χ2n) is 3.92. The lowest BCUT2D eigenvalue weighted by atomic mass is 10.1. The average Bonchev–Trinajstić information content (AvgIpc) is 2.37. The van der Waals surface area contributed by atoms with Crippen LogP contribution in [0.15, 0.2) is 29.4 Å². The lowest BCUT2D eigenvalue weighted by Crippen LogP contribution is -2.38. The fourth-order valence-electron chi connectivity index (χ4n) is 1.40. The smallest absolute Gasteiger partial charge is 0.409 e. The second-order valence-corrected chi connectivity index (χ2v) is 3.92. The number of carbonyl (C=O) groups is 1. The van der Waals surface area contributed by atoms with Crippen molar-refractivity contribution in [2.24, 2.45) is 10.9 Å². The van der Waals surface area contributed by atoms with E-state index in [1.807, 2.05) is 0 Å². The summed E-state index contributed by atoms with van der Waals surface area (Å²) in [7, 11) is 1.30. The molecule has 0 aliphatic rings. The van der Waals surface area contributed by atoms with E-state index in [0.29, 0.717) is 0 Å². The third kappa shape index (κ3) is 4.04. The van der Waals surface area contributed by atoms with Gasteiger partial charge in [0, 0.05) is 7.05 Å². The summed E-state index contributed by atoms with van der Waals surface area (Å²) >= 11 is 0. The van der Waals surface area contributed by atoms with Crippen molar-refractivity contribution in [1.29, 1.82) is 0 Å². The van der Waals surface area contributed by atoms with E-state index in [9.17, 15) is 18.0 Å². The molecule has 1 aromatic rings. The summed E-state index contributed by atoms with van der Waals surface area (Å²) in [6, 6.07) is 3.78. The van der Waals surface area contributed by atoms with Gasteiger partial charge in [0.05, 0.1) is 17.8 Å². The number of para-hydroxylation sites is 1. The van der Waals surface area contributed by atoms with Gasteiger partial charge in [0.15, 0.2) is 5.84 Å². The third-order valence-electron chi connectivity index (χ3n) is 2.35. The summed E-state index contributed by atoms with van der Waals surface area (Å²) in [5.74, 6) is -0.244. The number of amidine groups is 1. The predicted octanol–water partition coefficient (Wildman–Crippen LogP) is 1.92. The van der Waals surface area contributed by atoms with Crippen molar-refractivity contribution < 1.29 is 23.2 Å². The summed E-state index contributed by atoms with van der Waals surface area (Å²) < 4.78 is 38.2. The second kappa shape index (κ2) is 6.13. The van der Waals surface area contributed by atoms with Crippen LogP contribution in [0.3, 0.4) is 0 Å². The van der Waals surface area contributed by atoms with Crippen LogP contribution in [0.4, 0.5) is 23.7 Å². The number of hydrogen-bond donors (Lipinski definition) is 3. The molecule has 20 heavy (non-hydrogen) atoms. The molecule has 0 atom stereocenters. The van der Waals surface area contributed by atoms with Crippen molar-refractivity contribution >= 4 is 17.6 Å². The molecule has 0 aliphatic heterocycles. The lowest BCUT2D eigenvalue weighted by molar-refractivity contribution is -0.136. The predicted molar refractivity (Wildman–Crippen MR) is 66.5 cm³/mol. The maximum absolute atomic E-state index is 12.7. The highest BCUT2D eigenvalue weighted by molar-refractivity contribution is 5.93. The Morgan fingerprint density at radius 1 is 1.45 bits per heavy atom. The largest absolute Gasteiger partial charge is 0.418 e. The first-order chi connectivity index (χ1) is 9.25. The first-order valence-corrected chi connectivity index (χ1v) is 5.40. The van der Waals surface area contributed by atoms with Crippen LogP contribution < -0.4 is 11.1 Å². The van der Waals surface area contributed by atoms with E-state index < -0.39 is 17.8 Å². The van der Waals surface area contributed by atoms with Crippen LogP contribution in [0, 0.1) is 0 Å². The fourth-order valence-corrected chi connectivity index (χ4v) is 1.40. The van der Waals surface area contributed by atoms with E-state index in [-0.39, 0.29) is 18.1 Å². The van der Waals surface area contributed by atoms with Gasteiger partial charge in [0.2, 0.25) is 0 Å². The van der Waals surface area contributed by atoms with Crippen molar-refractivity contribution in [3.05, 3.63) is 29.8 Å². The van der Waals surface area contributed by atoms with Crippen molar-refractivity contribution in [3.8, 4) is 0 Å². The molecule has 2 amide bonds. The molecule has 0 radical (unpaired) electrons. The van der Waals surface area contributed by atoms with Gasteiger partial charge in [-0.05, 0) is 12.1 Å². The first-order valence-electron chi connectivity index (χ1n) is 5.40. The average molecular weight is 290 g/mol. The molecule has 6 nitrogen and oxygen atoms in total. The molecule has 0 fully saturated rings. The molecule has 0 saturated carbocycles. The van der Waals surface area contributed by atoms with Gasteiger partial charge in [-0.3, -0.25) is 0 Å². The van der Waals surface area contributed by atoms with Gasteiger partial charge in [-0.2, -0.15) is 13.2 Å². The third-order valence-corrected chi connectivity index (χ3v) is 2.35. The van der Waals surface area contributed by atoms with E-state index in [2.05, 4.69) is 10.5 Å². The summed E-state index contributed by atoms with van der Waals surface area (Å²) in [4.78, 5) is 12.7. The topological polar surface area (TPSA) is 90.9 Å². The molecule has 0 heterocycles. The number of benzene rings is 1. The Bertz CT molecular complexity index is 517. The maximum Gasteiger partial charge on any atom is 0.418 e. The van der Waals surface area contributed by atoms with Gasteiger partial charge >= 0.3 is 12.2 Å². The Labute approximate surface area is 112 Å². The molecule has 9 heteroatoms. The number of carbonyl (C=O) groups excluding carboxylic acids is 1. The number of amides is 2. The highest BCUT2D eigenvalue weighted by atomic mass is 19.4. The minimum absolute atomic E-state index is 0.226. The minimum Gasteiger partial charge on any atom is -0.409 e. The Morgan fingerprint density at radius 2 is 2.05 bits per heavy atom. The number of halogens is 3. The normalized spacial score (nSPS) is 12.1. The van der Waals surface area contributed by atoms with Gasteiger partial charge in [-0.15, -0.1) is 0 Å². The molecule has 0 bridgehead atoms. The van der Waals surface area contributed by atoms with Gasteiger partial charge in [-0.25, -0.2) is 4.79 Å². The van der Waals surface area contributed by atoms with Crippen molar-refractivity contribution in [2.75, 3.05) is 18.9 Å². The quantitative estimate of drug-likeness (QED) is 0.344. The molecule has 0 unspecified atom stereocenters. The van der Waals surface area contributed by atoms with Crippen molar-refractivity contribution in [1.82, 2.24) is 4.90 Å². The molecule has 110 valence electrons. The van der Waals surface area contributed by atoms with E-state index in [4.69, 9.17) is 10.9 Å². The number of urea groups is 1. The zero-order chi connectivity index (χ0) is 15.3. The molecule has 0 aliphatic carbocycles. The molecule has 1 rings (SSSR count). The number of nitrogens with zero attached hydrogens (tertiary/aromatic N) is 2. The molecular weight excluding hydrogens is 277 g/mol. The van der Waals surface area contributed by atoms with E-state index in [1.54, 1.807) is 0 Å². The van der Waals surface area contributed by atoms with Crippen LogP contribution in [0.5, 0.6) is 0 Å². The minimum atomic E-state index is -4.58. The lowest BCUT2D eigenvalue weighted by Gasteiger charge is -2.19. The van der Waals surface area contributed by atoms with E-state index >= 15 is 0 Å². The maximum atomic E-state index is 12.7. The van der Waals surface area contributed by atoms with Crippen LogP contribution in [0.1, 0.15) is 5.56 Å². The monoisotopic (exact) mass is 290 g/mol. The zero-order valence-electron chi connectivity index (χ0n) is 10.5. The molecule has 0 saturated heterocycles. The van der Waals surface area contributed by atoms with Crippen molar-refractivity contribution in [2.45, 2.75) is 6.18 Å². The highest BCUT2D eigenvalue weighted by Crippen LogP contribution is 2.34. The van der Waals surface area contributed by atoms with Gasteiger partial charge in [0.1, 0.15) is 0 Å². The van der Waals surface area contributed by atoms with Gasteiger partial charge < -0.3 is 21.2 Å². The molecule has 0 aromatic heterocycles. The Hall–Kier alpha value is -2.45. The number of alkyl halides is 3.